The van der Waals surface area contributed by atoms with Crippen LogP contribution in [0.25, 0.3) is 11.2 Å². The number of likely N-dealkylation sites (tertiary alicyclic amines) is 1. The lowest BCUT2D eigenvalue weighted by Crippen LogP contribution is -2.29. The molecule has 3 heterocycles. The molecule has 1 N–H and O–H groups in total. The van der Waals surface area contributed by atoms with E-state index in [1.807, 2.05) is 28.9 Å². The minimum Gasteiger partial charge on any atom is -0.497 e. The number of nitrogens with zero attached hydrogens (tertiary/aromatic N) is 5. The molecular weight excluding hydrogens is 368 g/mol. The number of carbonyl (C=O) groups is 1. The summed E-state index contributed by atoms with van der Waals surface area (Å²) < 4.78 is 7.07. The van der Waals surface area contributed by atoms with Crippen molar-refractivity contribution in [1.29, 1.82) is 0 Å². The smallest absolute Gasteiger partial charge is 0.224 e. The second-order valence-electron chi connectivity index (χ2n) is 7.46. The van der Waals surface area contributed by atoms with Gasteiger partial charge in [0.1, 0.15) is 11.3 Å². The summed E-state index contributed by atoms with van der Waals surface area (Å²) in [6, 6.07) is 7.55. The minimum absolute atomic E-state index is 0.0292. The van der Waals surface area contributed by atoms with Crippen LogP contribution in [0.3, 0.4) is 0 Å². The van der Waals surface area contributed by atoms with E-state index in [0.29, 0.717) is 25.4 Å². The third-order valence-electron chi connectivity index (χ3n) is 5.32. The van der Waals surface area contributed by atoms with Crippen LogP contribution in [0.4, 0.5) is 0 Å². The summed E-state index contributed by atoms with van der Waals surface area (Å²) in [7, 11) is 3.75. The molecule has 1 aliphatic rings. The second-order valence-corrected chi connectivity index (χ2v) is 7.46. The zero-order chi connectivity index (χ0) is 20.2. The van der Waals surface area contributed by atoms with Crippen LogP contribution >= 0.6 is 0 Å². The summed E-state index contributed by atoms with van der Waals surface area (Å²) >= 11 is 0. The van der Waals surface area contributed by atoms with Crippen molar-refractivity contribution in [3.8, 4) is 5.75 Å². The quantitative estimate of drug-likeness (QED) is 0.655. The first-order valence-corrected chi connectivity index (χ1v) is 9.89. The van der Waals surface area contributed by atoms with Crippen molar-refractivity contribution in [2.24, 2.45) is 0 Å². The highest BCUT2D eigenvalue weighted by Crippen LogP contribution is 2.29. The van der Waals surface area contributed by atoms with Gasteiger partial charge in [-0.1, -0.05) is 12.1 Å². The van der Waals surface area contributed by atoms with Gasteiger partial charge in [-0.05, 0) is 37.7 Å². The maximum Gasteiger partial charge on any atom is 0.224 e. The Morgan fingerprint density at radius 2 is 2.17 bits per heavy atom. The highest BCUT2D eigenvalue weighted by atomic mass is 16.5. The van der Waals surface area contributed by atoms with Gasteiger partial charge in [-0.3, -0.25) is 4.79 Å². The number of aromatic nitrogens is 4. The molecule has 8 heteroatoms. The summed E-state index contributed by atoms with van der Waals surface area (Å²) in [6.07, 6.45) is 4.80. The first-order chi connectivity index (χ1) is 14.1. The summed E-state index contributed by atoms with van der Waals surface area (Å²) in [5, 5.41) is 7.78. The lowest BCUT2D eigenvalue weighted by atomic mass is 10.0. The van der Waals surface area contributed by atoms with Crippen molar-refractivity contribution >= 4 is 17.1 Å². The van der Waals surface area contributed by atoms with Gasteiger partial charge in [0.05, 0.1) is 25.8 Å². The summed E-state index contributed by atoms with van der Waals surface area (Å²) in [5.74, 6) is 1.10. The molecule has 1 saturated heterocycles. The third kappa shape index (κ3) is 4.37. The normalized spacial score (nSPS) is 17.0. The van der Waals surface area contributed by atoms with E-state index in [4.69, 9.17) is 9.84 Å². The van der Waals surface area contributed by atoms with E-state index in [0.717, 1.165) is 47.7 Å². The topological polar surface area (TPSA) is 85.2 Å². The number of rotatable bonds is 7. The average Bonchev–Trinajstić information content (AvgIpc) is 3.32. The van der Waals surface area contributed by atoms with Crippen LogP contribution in [0, 0.1) is 0 Å². The van der Waals surface area contributed by atoms with Gasteiger partial charge in [0.15, 0.2) is 5.65 Å². The molecule has 0 saturated carbocycles. The van der Waals surface area contributed by atoms with E-state index in [9.17, 15) is 4.79 Å². The molecule has 0 bridgehead atoms. The molecule has 1 aromatic carbocycles. The fraction of sp³-hybridized carbons (Fsp3) is 0.429. The average molecular weight is 394 g/mol. The first kappa shape index (κ1) is 19.3. The van der Waals surface area contributed by atoms with Gasteiger partial charge in [0.2, 0.25) is 5.91 Å². The van der Waals surface area contributed by atoms with Crippen molar-refractivity contribution in [3.63, 3.8) is 0 Å². The minimum atomic E-state index is -0.0292. The lowest BCUT2D eigenvalue weighted by Gasteiger charge is -2.08. The monoisotopic (exact) mass is 394 g/mol. The van der Waals surface area contributed by atoms with E-state index in [1.165, 1.54) is 0 Å². The van der Waals surface area contributed by atoms with Gasteiger partial charge in [0.25, 0.3) is 0 Å². The number of benzene rings is 1. The van der Waals surface area contributed by atoms with Crippen LogP contribution in [0.5, 0.6) is 5.75 Å². The van der Waals surface area contributed by atoms with Crippen molar-refractivity contribution in [3.05, 3.63) is 47.9 Å². The van der Waals surface area contributed by atoms with Gasteiger partial charge >= 0.3 is 0 Å². The number of ether oxygens (including phenoxy) is 1. The first-order valence-electron chi connectivity index (χ1n) is 9.89. The van der Waals surface area contributed by atoms with E-state index >= 15 is 0 Å². The summed E-state index contributed by atoms with van der Waals surface area (Å²) in [6.45, 7) is 3.10. The van der Waals surface area contributed by atoms with Crippen molar-refractivity contribution < 1.29 is 9.53 Å². The Kier molecular flexibility index (Phi) is 5.71. The SMILES string of the molecule is COc1cccc(CC(=O)NCCn2nc(C3CCN(C)C3)c3nccnc32)c1. The summed E-state index contributed by atoms with van der Waals surface area (Å²) in [5.41, 5.74) is 3.58. The predicted octanol–water partition coefficient (Wildman–Crippen LogP) is 1.61. The van der Waals surface area contributed by atoms with Gasteiger partial charge in [-0.15, -0.1) is 0 Å². The van der Waals surface area contributed by atoms with Crippen LogP contribution in [0.15, 0.2) is 36.7 Å². The number of methoxy groups -OCH3 is 1. The molecule has 4 rings (SSSR count). The number of nitrogens with one attached hydrogen (secondary N) is 1. The van der Waals surface area contributed by atoms with Crippen LogP contribution < -0.4 is 10.1 Å². The Morgan fingerprint density at radius 3 is 2.97 bits per heavy atom. The molecule has 2 aromatic heterocycles. The van der Waals surface area contributed by atoms with E-state index in [-0.39, 0.29) is 5.91 Å². The molecule has 152 valence electrons. The molecule has 3 aromatic rings. The highest BCUT2D eigenvalue weighted by Gasteiger charge is 2.27. The molecular formula is C21H26N6O2. The molecule has 0 aliphatic carbocycles. The Bertz CT molecular complexity index is 1000. The van der Waals surface area contributed by atoms with E-state index < -0.39 is 0 Å². The number of hydrogen-bond acceptors (Lipinski definition) is 6. The zero-order valence-electron chi connectivity index (χ0n) is 16.8. The van der Waals surface area contributed by atoms with Crippen molar-refractivity contribution in [2.45, 2.75) is 25.3 Å². The Labute approximate surface area is 169 Å². The van der Waals surface area contributed by atoms with Crippen LogP contribution in [0.2, 0.25) is 0 Å². The fourth-order valence-corrected chi connectivity index (χ4v) is 3.85. The number of fused-ring (bicyclic) bond motifs is 1. The zero-order valence-corrected chi connectivity index (χ0v) is 16.8. The van der Waals surface area contributed by atoms with Gasteiger partial charge in [-0.2, -0.15) is 5.10 Å². The third-order valence-corrected chi connectivity index (χ3v) is 5.32. The van der Waals surface area contributed by atoms with Crippen molar-refractivity contribution in [2.75, 3.05) is 33.8 Å². The fourth-order valence-electron chi connectivity index (χ4n) is 3.85. The predicted molar refractivity (Wildman–Crippen MR) is 110 cm³/mol. The maximum absolute atomic E-state index is 12.3. The molecule has 29 heavy (non-hydrogen) atoms. The van der Waals surface area contributed by atoms with Gasteiger partial charge < -0.3 is 15.0 Å². The molecule has 8 nitrogen and oxygen atoms in total. The maximum atomic E-state index is 12.3. The van der Waals surface area contributed by atoms with Crippen LogP contribution in [-0.4, -0.2) is 64.3 Å². The molecule has 1 atom stereocenters. The number of amides is 1. The Balaban J connectivity index is 1.40. The number of carbonyl (C=O) groups excluding carboxylic acids is 1. The molecule has 0 radical (unpaired) electrons. The molecule has 0 spiro atoms. The molecule has 1 aliphatic heterocycles. The molecule has 1 amide bonds. The largest absolute Gasteiger partial charge is 0.497 e. The highest BCUT2D eigenvalue weighted by molar-refractivity contribution is 5.78. The standard InChI is InChI=1S/C21H26N6O2/c1-26-10-6-16(14-26)19-20-21(24-8-7-23-20)27(25-19)11-9-22-18(28)13-15-4-3-5-17(12-15)29-2/h3-5,7-8,12,16H,6,9-11,13-14H2,1-2H3,(H,22,28). The molecule has 1 fully saturated rings. The Hall–Kier alpha value is -3.00. The van der Waals surface area contributed by atoms with E-state index in [2.05, 4.69) is 27.2 Å². The van der Waals surface area contributed by atoms with Gasteiger partial charge in [0, 0.05) is 31.4 Å². The summed E-state index contributed by atoms with van der Waals surface area (Å²) in [4.78, 5) is 23.6. The lowest BCUT2D eigenvalue weighted by molar-refractivity contribution is -0.120. The van der Waals surface area contributed by atoms with E-state index in [1.54, 1.807) is 19.5 Å². The Morgan fingerprint density at radius 1 is 1.31 bits per heavy atom. The molecule has 1 unspecified atom stereocenters. The van der Waals surface area contributed by atoms with Crippen LogP contribution in [-0.2, 0) is 17.8 Å². The number of likely N-dealkylation sites (N-methyl/N-ethyl adjacent to an activating group) is 1. The number of hydrogen-bond donors (Lipinski definition) is 1. The second kappa shape index (κ2) is 8.57. The van der Waals surface area contributed by atoms with Crippen LogP contribution in [0.1, 0.15) is 23.6 Å². The van der Waals surface area contributed by atoms with Crippen molar-refractivity contribution in [1.82, 2.24) is 30.0 Å². The van der Waals surface area contributed by atoms with Gasteiger partial charge in [-0.25, -0.2) is 14.6 Å².